The van der Waals surface area contributed by atoms with Crippen molar-refractivity contribution in [3.05, 3.63) is 63.8 Å². The Hall–Kier alpha value is -3.32. The first-order valence-electron chi connectivity index (χ1n) is 10.9. The average Bonchev–Trinajstić information content (AvgIpc) is 2.80. The van der Waals surface area contributed by atoms with E-state index in [1.165, 1.54) is 0 Å². The van der Waals surface area contributed by atoms with E-state index in [9.17, 15) is 14.7 Å². The zero-order valence-corrected chi connectivity index (χ0v) is 18.6. The number of carboxylic acid groups (broad SMARTS) is 1. The summed E-state index contributed by atoms with van der Waals surface area (Å²) in [6, 6.07) is 12.2. The number of aryl methyl sites for hydroxylation is 1. The van der Waals surface area contributed by atoms with Gasteiger partial charge < -0.3 is 24.1 Å². The average molecular weight is 437 g/mol. The lowest BCUT2D eigenvalue weighted by molar-refractivity contribution is 0.0697. The molecule has 0 unspecified atom stereocenters. The summed E-state index contributed by atoms with van der Waals surface area (Å²) in [6.07, 6.45) is 1.96. The molecule has 7 nitrogen and oxygen atoms in total. The van der Waals surface area contributed by atoms with Crippen LogP contribution in [0.15, 0.2) is 51.7 Å². The van der Waals surface area contributed by atoms with Gasteiger partial charge in [0.1, 0.15) is 0 Å². The Kier molecular flexibility index (Phi) is 6.19. The van der Waals surface area contributed by atoms with Gasteiger partial charge in [0.15, 0.2) is 16.9 Å². The van der Waals surface area contributed by atoms with Crippen molar-refractivity contribution in [1.82, 2.24) is 0 Å². The first kappa shape index (κ1) is 21.9. The van der Waals surface area contributed by atoms with E-state index in [0.29, 0.717) is 34.8 Å². The van der Waals surface area contributed by atoms with E-state index in [2.05, 4.69) is 4.90 Å². The molecule has 7 heteroatoms. The molecule has 1 N–H and O–H groups in total. The molecule has 3 aromatic rings. The van der Waals surface area contributed by atoms with Gasteiger partial charge in [0, 0.05) is 32.8 Å². The summed E-state index contributed by atoms with van der Waals surface area (Å²) < 4.78 is 11.8. The fourth-order valence-corrected chi connectivity index (χ4v) is 4.40. The molecule has 168 valence electrons. The van der Waals surface area contributed by atoms with Gasteiger partial charge in [-0.15, -0.1) is 0 Å². The van der Waals surface area contributed by atoms with Crippen molar-refractivity contribution in [2.75, 3.05) is 36.5 Å². The highest BCUT2D eigenvalue weighted by Gasteiger charge is 2.24. The zero-order valence-electron chi connectivity index (χ0n) is 18.6. The summed E-state index contributed by atoms with van der Waals surface area (Å²) >= 11 is 0. The van der Waals surface area contributed by atoms with Gasteiger partial charge in [-0.25, -0.2) is 4.79 Å². The summed E-state index contributed by atoms with van der Waals surface area (Å²) in [7, 11) is 1.72. The van der Waals surface area contributed by atoms with Crippen molar-refractivity contribution in [2.45, 2.75) is 32.8 Å². The Balaban J connectivity index is 1.86. The third kappa shape index (κ3) is 4.08. The lowest BCUT2D eigenvalue weighted by atomic mass is 10.1. The summed E-state index contributed by atoms with van der Waals surface area (Å²) in [4.78, 5) is 28.9. The first-order valence-corrected chi connectivity index (χ1v) is 10.9. The van der Waals surface area contributed by atoms with Crippen LogP contribution in [0, 0.1) is 6.92 Å². The minimum Gasteiger partial charge on any atom is -0.478 e. The third-order valence-electron chi connectivity index (χ3n) is 6.06. The van der Waals surface area contributed by atoms with E-state index >= 15 is 0 Å². The van der Waals surface area contributed by atoms with Crippen molar-refractivity contribution in [3.63, 3.8) is 0 Å². The number of nitrogens with zero attached hydrogens (tertiary/aromatic N) is 2. The van der Waals surface area contributed by atoms with Gasteiger partial charge in [-0.1, -0.05) is 12.1 Å². The van der Waals surface area contributed by atoms with Gasteiger partial charge >= 0.3 is 5.97 Å². The van der Waals surface area contributed by atoms with Crippen LogP contribution >= 0.6 is 0 Å². The number of carboxylic acids is 1. The molecule has 32 heavy (non-hydrogen) atoms. The lowest BCUT2D eigenvalue weighted by Crippen LogP contribution is -2.37. The van der Waals surface area contributed by atoms with Crippen LogP contribution in [0.1, 0.15) is 35.7 Å². The number of benzene rings is 2. The van der Waals surface area contributed by atoms with Crippen LogP contribution in [0.3, 0.4) is 0 Å². The van der Waals surface area contributed by atoms with E-state index in [4.69, 9.17) is 9.15 Å². The summed E-state index contributed by atoms with van der Waals surface area (Å²) in [5.41, 5.74) is 2.70. The largest absolute Gasteiger partial charge is 0.478 e. The Bertz CT molecular complexity index is 1190. The molecular formula is C25H28N2O5. The Morgan fingerprint density at radius 1 is 1.19 bits per heavy atom. The monoisotopic (exact) mass is 436 g/mol. The SMILES string of the molecule is CCN(c1ccccc1C(=O)O)c1cc(C)cc2c(=O)cc(N3CCC(OC)CC3)oc12. The quantitative estimate of drug-likeness (QED) is 0.606. The van der Waals surface area contributed by atoms with Gasteiger partial charge in [0.25, 0.3) is 0 Å². The molecule has 1 fully saturated rings. The molecule has 0 aliphatic carbocycles. The van der Waals surface area contributed by atoms with Crippen LogP contribution in [0.4, 0.5) is 17.3 Å². The number of hydrogen-bond acceptors (Lipinski definition) is 6. The Morgan fingerprint density at radius 2 is 1.91 bits per heavy atom. The number of rotatable bonds is 6. The van der Waals surface area contributed by atoms with Crippen molar-refractivity contribution in [2.24, 2.45) is 0 Å². The van der Waals surface area contributed by atoms with Crippen LogP contribution in [-0.4, -0.2) is 43.9 Å². The normalized spacial score (nSPS) is 14.7. The van der Waals surface area contributed by atoms with Gasteiger partial charge in [0.05, 0.1) is 28.4 Å². The van der Waals surface area contributed by atoms with Crippen molar-refractivity contribution in [3.8, 4) is 0 Å². The maximum Gasteiger partial charge on any atom is 0.337 e. The minimum atomic E-state index is -1.00. The molecule has 2 aromatic carbocycles. The van der Waals surface area contributed by atoms with Crippen LogP contribution in [-0.2, 0) is 4.74 Å². The van der Waals surface area contributed by atoms with Crippen LogP contribution < -0.4 is 15.2 Å². The van der Waals surface area contributed by atoms with E-state index in [-0.39, 0.29) is 17.1 Å². The highest BCUT2D eigenvalue weighted by atomic mass is 16.5. The van der Waals surface area contributed by atoms with Crippen LogP contribution in [0.25, 0.3) is 11.0 Å². The number of methoxy groups -OCH3 is 1. The Labute approximate surface area is 186 Å². The second kappa shape index (κ2) is 9.04. The number of ether oxygens (including phenoxy) is 1. The van der Waals surface area contributed by atoms with Crippen molar-refractivity contribution >= 4 is 34.2 Å². The first-order chi connectivity index (χ1) is 15.4. The molecule has 1 aliphatic heterocycles. The molecule has 0 saturated carbocycles. The van der Waals surface area contributed by atoms with Gasteiger partial charge in [-0.3, -0.25) is 4.79 Å². The molecule has 1 aromatic heterocycles. The zero-order chi connectivity index (χ0) is 22.8. The highest BCUT2D eigenvalue weighted by Crippen LogP contribution is 2.36. The van der Waals surface area contributed by atoms with E-state index in [0.717, 1.165) is 31.5 Å². The molecule has 1 aliphatic rings. The van der Waals surface area contributed by atoms with Gasteiger partial charge in [-0.05, 0) is 56.5 Å². The molecule has 0 amide bonds. The predicted molar refractivity (Wildman–Crippen MR) is 126 cm³/mol. The van der Waals surface area contributed by atoms with Gasteiger partial charge in [-0.2, -0.15) is 0 Å². The molecule has 0 spiro atoms. The second-order valence-electron chi connectivity index (χ2n) is 8.10. The fourth-order valence-electron chi connectivity index (χ4n) is 4.40. The molecule has 0 bridgehead atoms. The molecule has 4 rings (SSSR count). The molecule has 0 radical (unpaired) electrons. The lowest BCUT2D eigenvalue weighted by Gasteiger charge is -2.32. The minimum absolute atomic E-state index is 0.109. The van der Waals surface area contributed by atoms with E-state index in [1.807, 2.05) is 36.9 Å². The van der Waals surface area contributed by atoms with Gasteiger partial charge in [0.2, 0.25) is 0 Å². The maximum absolute atomic E-state index is 13.1. The van der Waals surface area contributed by atoms with Crippen LogP contribution in [0.2, 0.25) is 0 Å². The maximum atomic E-state index is 13.1. The molecule has 1 saturated heterocycles. The number of carbonyl (C=O) groups is 1. The number of anilines is 3. The summed E-state index contributed by atoms with van der Waals surface area (Å²) in [5.74, 6) is -0.469. The molecular weight excluding hydrogens is 408 g/mol. The predicted octanol–water partition coefficient (Wildman–Crippen LogP) is 4.57. The van der Waals surface area contributed by atoms with Crippen molar-refractivity contribution < 1.29 is 19.1 Å². The number of fused-ring (bicyclic) bond motifs is 1. The fraction of sp³-hybridized carbons (Fsp3) is 0.360. The smallest absolute Gasteiger partial charge is 0.337 e. The second-order valence-corrected chi connectivity index (χ2v) is 8.10. The standard InChI is InChI=1S/C25H28N2O5/c1-4-27(20-8-6-5-7-18(20)25(29)30)21-14-16(2)13-19-22(28)15-23(32-24(19)21)26-11-9-17(31-3)10-12-26/h5-8,13-15,17H,4,9-12H2,1-3H3,(H,29,30). The number of aromatic carboxylic acids is 1. The highest BCUT2D eigenvalue weighted by molar-refractivity contribution is 5.99. The van der Waals surface area contributed by atoms with Crippen molar-refractivity contribution in [1.29, 1.82) is 0 Å². The molecule has 2 heterocycles. The third-order valence-corrected chi connectivity index (χ3v) is 6.06. The van der Waals surface area contributed by atoms with E-state index in [1.54, 1.807) is 31.4 Å². The number of piperidine rings is 1. The summed E-state index contributed by atoms with van der Waals surface area (Å²) in [5, 5.41) is 10.2. The Morgan fingerprint density at radius 3 is 2.56 bits per heavy atom. The van der Waals surface area contributed by atoms with Crippen LogP contribution in [0.5, 0.6) is 0 Å². The summed E-state index contributed by atoms with van der Waals surface area (Å²) in [6.45, 7) is 5.87. The topological polar surface area (TPSA) is 83.2 Å². The molecule has 0 atom stereocenters. The van der Waals surface area contributed by atoms with E-state index < -0.39 is 5.97 Å². The number of para-hydroxylation sites is 1. The number of hydrogen-bond donors (Lipinski definition) is 1.